The zero-order valence-corrected chi connectivity index (χ0v) is 18.5. The van der Waals surface area contributed by atoms with Crippen LogP contribution in [0.2, 0.25) is 0 Å². The van der Waals surface area contributed by atoms with E-state index in [9.17, 15) is 0 Å². The fourth-order valence-electron chi connectivity index (χ4n) is 4.19. The molecule has 28 heavy (non-hydrogen) atoms. The number of imidazole rings is 1. The van der Waals surface area contributed by atoms with E-state index in [2.05, 4.69) is 75.9 Å². The van der Waals surface area contributed by atoms with Crippen molar-refractivity contribution in [1.29, 1.82) is 0 Å². The molecule has 0 aliphatic carbocycles. The molecule has 0 radical (unpaired) electrons. The van der Waals surface area contributed by atoms with E-state index in [0.29, 0.717) is 6.04 Å². The van der Waals surface area contributed by atoms with Gasteiger partial charge in [-0.3, -0.25) is 0 Å². The van der Waals surface area contributed by atoms with Crippen LogP contribution in [0.5, 0.6) is 5.75 Å². The van der Waals surface area contributed by atoms with E-state index in [4.69, 9.17) is 9.72 Å². The number of benzene rings is 2. The molecule has 0 saturated carbocycles. The van der Waals surface area contributed by atoms with Gasteiger partial charge in [0.1, 0.15) is 5.75 Å². The summed E-state index contributed by atoms with van der Waals surface area (Å²) < 4.78 is 8.75. The highest BCUT2D eigenvalue weighted by molar-refractivity contribution is 9.10. The lowest BCUT2D eigenvalue weighted by atomic mass is 10.0. The maximum absolute atomic E-state index is 5.59. The number of hydrogen-bond donors (Lipinski definition) is 1. The first-order chi connectivity index (χ1) is 13.5. The Morgan fingerprint density at radius 2 is 2.07 bits per heavy atom. The quantitative estimate of drug-likeness (QED) is 0.556. The SMILES string of the molecule is COc1cc(Br)cc(C)c1Nc1nc2cccc(N3CCCCC3C)c2n1C. The maximum Gasteiger partial charge on any atom is 0.208 e. The van der Waals surface area contributed by atoms with Gasteiger partial charge in [-0.15, -0.1) is 0 Å². The number of aryl methyl sites for hydroxylation is 2. The summed E-state index contributed by atoms with van der Waals surface area (Å²) >= 11 is 3.54. The highest BCUT2D eigenvalue weighted by Crippen LogP contribution is 2.37. The molecule has 4 rings (SSSR count). The zero-order valence-electron chi connectivity index (χ0n) is 16.9. The van der Waals surface area contributed by atoms with Gasteiger partial charge in [-0.25, -0.2) is 4.98 Å². The molecule has 2 heterocycles. The van der Waals surface area contributed by atoms with Crippen molar-refractivity contribution in [3.05, 3.63) is 40.4 Å². The van der Waals surface area contributed by atoms with Crippen molar-refractivity contribution in [1.82, 2.24) is 9.55 Å². The summed E-state index contributed by atoms with van der Waals surface area (Å²) in [5, 5.41) is 3.51. The third-order valence-electron chi connectivity index (χ3n) is 5.71. The third-order valence-corrected chi connectivity index (χ3v) is 6.16. The molecule has 2 aromatic carbocycles. The number of ether oxygens (including phenoxy) is 1. The molecule has 1 unspecified atom stereocenters. The Morgan fingerprint density at radius 3 is 2.82 bits per heavy atom. The summed E-state index contributed by atoms with van der Waals surface area (Å²) in [5.41, 5.74) is 5.49. The van der Waals surface area contributed by atoms with Gasteiger partial charge in [0.15, 0.2) is 0 Å². The van der Waals surface area contributed by atoms with Crippen molar-refractivity contribution < 1.29 is 4.74 Å². The molecule has 0 amide bonds. The average molecular weight is 443 g/mol. The summed E-state index contributed by atoms with van der Waals surface area (Å²) in [4.78, 5) is 7.42. The molecule has 1 saturated heterocycles. The Kier molecular flexibility index (Phi) is 5.23. The van der Waals surface area contributed by atoms with Gasteiger partial charge in [-0.2, -0.15) is 0 Å². The summed E-state index contributed by atoms with van der Waals surface area (Å²) in [5.74, 6) is 1.61. The van der Waals surface area contributed by atoms with Crippen LogP contribution in [0.1, 0.15) is 31.7 Å². The standard InChI is InChI=1S/C22H27BrN4O/c1-14-12-16(23)13-19(28-4)20(14)25-22-24-17-9-7-10-18(21(17)26(22)3)27-11-6-5-8-15(27)2/h7,9-10,12-13,15H,5-6,8,11H2,1-4H3,(H,24,25). The Morgan fingerprint density at radius 1 is 1.25 bits per heavy atom. The number of piperidine rings is 1. The molecule has 1 atom stereocenters. The number of methoxy groups -OCH3 is 1. The first-order valence-corrected chi connectivity index (χ1v) is 10.6. The highest BCUT2D eigenvalue weighted by atomic mass is 79.9. The van der Waals surface area contributed by atoms with E-state index in [1.165, 1.54) is 30.5 Å². The first-order valence-electron chi connectivity index (χ1n) is 9.83. The van der Waals surface area contributed by atoms with Crippen LogP contribution >= 0.6 is 15.9 Å². The summed E-state index contributed by atoms with van der Waals surface area (Å²) in [6.07, 6.45) is 3.81. The molecule has 6 heteroatoms. The Bertz CT molecular complexity index is 1010. The Hall–Kier alpha value is -2.21. The predicted octanol–water partition coefficient (Wildman–Crippen LogP) is 5.78. The largest absolute Gasteiger partial charge is 0.495 e. The third kappa shape index (κ3) is 3.34. The summed E-state index contributed by atoms with van der Waals surface area (Å²) in [6, 6.07) is 11.0. The minimum atomic E-state index is 0.555. The van der Waals surface area contributed by atoms with Gasteiger partial charge >= 0.3 is 0 Å². The number of nitrogens with zero attached hydrogens (tertiary/aromatic N) is 3. The second kappa shape index (κ2) is 7.66. The van der Waals surface area contributed by atoms with Gasteiger partial charge in [0.25, 0.3) is 0 Å². The molecule has 0 spiro atoms. The second-order valence-corrected chi connectivity index (χ2v) is 8.52. The number of rotatable bonds is 4. The molecular formula is C22H27BrN4O. The number of para-hydroxylation sites is 1. The van der Waals surface area contributed by atoms with Crippen LogP contribution < -0.4 is 15.0 Å². The van der Waals surface area contributed by atoms with Crippen LogP contribution in [0, 0.1) is 6.92 Å². The van der Waals surface area contributed by atoms with Crippen LogP contribution in [0.3, 0.4) is 0 Å². The van der Waals surface area contributed by atoms with Crippen molar-refractivity contribution in [3.63, 3.8) is 0 Å². The highest BCUT2D eigenvalue weighted by Gasteiger charge is 2.23. The van der Waals surface area contributed by atoms with Crippen LogP contribution in [0.4, 0.5) is 17.3 Å². The molecular weight excluding hydrogens is 416 g/mol. The minimum Gasteiger partial charge on any atom is -0.495 e. The number of aromatic nitrogens is 2. The summed E-state index contributed by atoms with van der Waals surface area (Å²) in [6.45, 7) is 5.50. The van der Waals surface area contributed by atoms with Crippen LogP contribution in [0.25, 0.3) is 11.0 Å². The average Bonchev–Trinajstić information content (AvgIpc) is 3.00. The van der Waals surface area contributed by atoms with E-state index >= 15 is 0 Å². The number of hydrogen-bond acceptors (Lipinski definition) is 4. The lowest BCUT2D eigenvalue weighted by Gasteiger charge is -2.35. The van der Waals surface area contributed by atoms with Crippen LogP contribution in [0.15, 0.2) is 34.8 Å². The molecule has 1 aliphatic heterocycles. The topological polar surface area (TPSA) is 42.3 Å². The molecule has 148 valence electrons. The Balaban J connectivity index is 1.78. The van der Waals surface area contributed by atoms with Gasteiger partial charge in [0.2, 0.25) is 5.95 Å². The van der Waals surface area contributed by atoms with E-state index in [0.717, 1.165) is 39.5 Å². The smallest absolute Gasteiger partial charge is 0.208 e. The number of anilines is 3. The normalized spacial score (nSPS) is 17.2. The Labute approximate surface area is 174 Å². The van der Waals surface area contributed by atoms with Gasteiger partial charge < -0.3 is 19.5 Å². The number of halogens is 1. The second-order valence-electron chi connectivity index (χ2n) is 7.60. The zero-order chi connectivity index (χ0) is 19.8. The predicted molar refractivity (Wildman–Crippen MR) is 120 cm³/mol. The van der Waals surface area contributed by atoms with Gasteiger partial charge in [-0.1, -0.05) is 22.0 Å². The van der Waals surface area contributed by atoms with Crippen LogP contribution in [-0.2, 0) is 7.05 Å². The lowest BCUT2D eigenvalue weighted by molar-refractivity contribution is 0.416. The van der Waals surface area contributed by atoms with Crippen molar-refractivity contribution in [2.24, 2.45) is 7.05 Å². The van der Waals surface area contributed by atoms with Gasteiger partial charge in [-0.05, 0) is 62.9 Å². The first kappa shape index (κ1) is 19.1. The molecule has 1 aliphatic rings. The van der Waals surface area contributed by atoms with E-state index in [1.54, 1.807) is 7.11 Å². The maximum atomic E-state index is 5.59. The number of fused-ring (bicyclic) bond motifs is 1. The van der Waals surface area contributed by atoms with Crippen molar-refractivity contribution in [2.75, 3.05) is 23.9 Å². The van der Waals surface area contributed by atoms with Crippen LogP contribution in [-0.4, -0.2) is 29.2 Å². The minimum absolute atomic E-state index is 0.555. The molecule has 1 N–H and O–H groups in total. The molecule has 1 fully saturated rings. The van der Waals surface area contributed by atoms with Crippen molar-refractivity contribution in [3.8, 4) is 5.75 Å². The molecule has 3 aromatic rings. The molecule has 1 aromatic heterocycles. The van der Waals surface area contributed by atoms with Crippen molar-refractivity contribution in [2.45, 2.75) is 39.2 Å². The summed E-state index contributed by atoms with van der Waals surface area (Å²) in [7, 11) is 3.77. The van der Waals surface area contributed by atoms with E-state index < -0.39 is 0 Å². The fraction of sp³-hybridized carbons (Fsp3) is 0.409. The van der Waals surface area contributed by atoms with E-state index in [1.807, 2.05) is 6.07 Å². The fourth-order valence-corrected chi connectivity index (χ4v) is 4.74. The monoisotopic (exact) mass is 442 g/mol. The lowest BCUT2D eigenvalue weighted by Crippen LogP contribution is -2.37. The number of nitrogens with one attached hydrogen (secondary N) is 1. The molecule has 5 nitrogen and oxygen atoms in total. The van der Waals surface area contributed by atoms with Crippen molar-refractivity contribution >= 4 is 44.3 Å². The van der Waals surface area contributed by atoms with Gasteiger partial charge in [0.05, 0.1) is 29.5 Å². The molecule has 0 bridgehead atoms. The van der Waals surface area contributed by atoms with E-state index in [-0.39, 0.29) is 0 Å². The van der Waals surface area contributed by atoms with Gasteiger partial charge in [0, 0.05) is 24.1 Å².